The Kier molecular flexibility index (Phi) is 22.2. The van der Waals surface area contributed by atoms with Gasteiger partial charge in [-0.2, -0.15) is 0 Å². The second-order valence-corrected chi connectivity index (χ2v) is 25.0. The lowest BCUT2D eigenvalue weighted by molar-refractivity contribution is -0.277. The fraction of sp³-hybridized carbons (Fsp3) is 0.379. The molecule has 1 saturated heterocycles. The summed E-state index contributed by atoms with van der Waals surface area (Å²) in [4.78, 5) is 132. The number of phenolic OH excluding ortho intramolecular Hbond substituents is 3. The number of aliphatic hydroxyl groups is 6. The van der Waals surface area contributed by atoms with Gasteiger partial charge in [-0.15, -0.1) is 0 Å². The number of nitrogens with one attached hydrogen (secondary N) is 4. The number of nitrogens with zero attached hydrogens (tertiary/aromatic N) is 1. The van der Waals surface area contributed by atoms with Crippen molar-refractivity contribution in [3.8, 4) is 57.1 Å². The summed E-state index contributed by atoms with van der Waals surface area (Å²) in [7, 11) is 1.26. The van der Waals surface area contributed by atoms with Crippen molar-refractivity contribution in [1.29, 1.82) is 0 Å². The Morgan fingerprint density at radius 2 is 1.37 bits per heavy atom. The number of ether oxygens (including phenoxy) is 5. The molecule has 97 heavy (non-hydrogen) atoms. The average molecular weight is 1390 g/mol. The van der Waals surface area contributed by atoms with E-state index in [0.29, 0.717) is 0 Å². The van der Waals surface area contributed by atoms with Gasteiger partial charge in [0, 0.05) is 43.5 Å². The third-order valence-corrected chi connectivity index (χ3v) is 17.4. The molecule has 6 aliphatic heterocycles. The quantitative estimate of drug-likeness (QED) is 0.0751. The zero-order valence-corrected chi connectivity index (χ0v) is 53.7. The maximum absolute atomic E-state index is 16.0. The highest BCUT2D eigenvalue weighted by Gasteiger charge is 2.47. The Hall–Kier alpha value is -9.43. The number of benzene rings is 5. The lowest BCUT2D eigenvalue weighted by Crippen LogP contribution is -2.60. The SMILES string of the molecule is C=CCOC(=O)N(C)[C@H](CC(C)C)C(=O)N[C@H]1C(=O)C[C@@H](CC(N)=O)C(=O)N[C@H]2C(=O)C[C@H]3C(=O)N[C@H](C(=O)N[C@H](C(C)=O)c4cc(O)cc(O)c4-c4cc3ccc4O)[C@H](O)c3ccc(c(Cl)c3)Oc3cc2cc(c3OC2OC(CO)C(O)C(O)C2O)Oc2ccc(cc2Cl)[C@H]1O. The van der Waals surface area contributed by atoms with Crippen LogP contribution in [-0.2, 0) is 47.8 Å². The first-order valence-corrected chi connectivity index (χ1v) is 31.1. The van der Waals surface area contributed by atoms with Crippen LogP contribution in [0.25, 0.3) is 11.1 Å². The second kappa shape index (κ2) is 29.9. The largest absolute Gasteiger partial charge is 0.508 e. The molecule has 11 rings (SSSR count). The number of phenols is 3. The first-order chi connectivity index (χ1) is 45.9. The van der Waals surface area contributed by atoms with Gasteiger partial charge in [0.05, 0.1) is 28.5 Å². The van der Waals surface area contributed by atoms with Crippen LogP contribution in [0, 0.1) is 11.8 Å². The van der Waals surface area contributed by atoms with Gasteiger partial charge in [0.15, 0.2) is 28.8 Å². The van der Waals surface area contributed by atoms with Crippen molar-refractivity contribution in [2.24, 2.45) is 17.6 Å². The molecule has 0 aliphatic carbocycles. The molecular formula is C66H70Cl2N6O23. The van der Waals surface area contributed by atoms with E-state index in [-0.39, 0.29) is 79.4 Å². The van der Waals surface area contributed by atoms with Crippen LogP contribution in [0.5, 0.6) is 46.0 Å². The smallest absolute Gasteiger partial charge is 0.410 e. The van der Waals surface area contributed by atoms with Crippen molar-refractivity contribution in [3.05, 3.63) is 129 Å². The summed E-state index contributed by atoms with van der Waals surface area (Å²) < 4.78 is 30.2. The van der Waals surface area contributed by atoms with E-state index in [1.807, 2.05) is 0 Å². The molecule has 5 aromatic rings. The Labute approximate surface area is 562 Å². The number of primary amides is 1. The molecule has 0 spiro atoms. The number of aliphatic hydroxyl groups excluding tert-OH is 6. The summed E-state index contributed by atoms with van der Waals surface area (Å²) in [5, 5.41) is 111. The van der Waals surface area contributed by atoms with Gasteiger partial charge in [-0.1, -0.05) is 67.9 Å². The first-order valence-electron chi connectivity index (χ1n) is 30.3. The number of Topliss-reactive ketones (excluding diaryl/α,β-unsaturated/α-hetero) is 3. The number of nitrogens with two attached hydrogens (primary N) is 1. The van der Waals surface area contributed by atoms with Crippen molar-refractivity contribution in [3.63, 3.8) is 0 Å². The van der Waals surface area contributed by atoms with Crippen LogP contribution < -0.4 is 41.2 Å². The van der Waals surface area contributed by atoms with Crippen molar-refractivity contribution in [1.82, 2.24) is 26.2 Å². The maximum atomic E-state index is 16.0. The molecule has 0 aromatic heterocycles. The van der Waals surface area contributed by atoms with Crippen LogP contribution in [0.15, 0.2) is 91.5 Å². The van der Waals surface area contributed by atoms with E-state index in [9.17, 15) is 69.9 Å². The lowest BCUT2D eigenvalue weighted by Gasteiger charge is -2.39. The van der Waals surface area contributed by atoms with Crippen molar-refractivity contribution >= 4 is 76.2 Å². The van der Waals surface area contributed by atoms with Gasteiger partial charge < -0.3 is 96.6 Å². The number of hydrogen-bond acceptors (Lipinski definition) is 23. The number of aromatic hydroxyl groups is 3. The number of carbonyl (C=O) groups is 9. The van der Waals surface area contributed by atoms with Gasteiger partial charge >= 0.3 is 6.09 Å². The van der Waals surface area contributed by atoms with Crippen LogP contribution in [0.1, 0.15) is 104 Å². The number of likely N-dealkylation sites (N-methyl/N-ethyl adjacent to an activating group) is 1. The first kappa shape index (κ1) is 71.9. The Balaban J connectivity index is 1.30. The van der Waals surface area contributed by atoms with E-state index in [1.54, 1.807) is 13.8 Å². The van der Waals surface area contributed by atoms with Crippen molar-refractivity contribution in [2.45, 2.75) is 125 Å². The van der Waals surface area contributed by atoms with Gasteiger partial charge in [0.2, 0.25) is 41.6 Å². The number of rotatable bonds is 13. The normalized spacial score (nSPS) is 25.4. The predicted molar refractivity (Wildman–Crippen MR) is 339 cm³/mol. The van der Waals surface area contributed by atoms with Gasteiger partial charge in [-0.25, -0.2) is 4.79 Å². The van der Waals surface area contributed by atoms with E-state index in [4.69, 9.17) is 52.6 Å². The average Bonchev–Trinajstić information content (AvgIpc) is 0.772. The topological polar surface area (TPSA) is 459 Å². The molecule has 14 atom stereocenters. The van der Waals surface area contributed by atoms with E-state index >= 15 is 19.2 Å². The van der Waals surface area contributed by atoms with Gasteiger partial charge in [0.25, 0.3) is 0 Å². The van der Waals surface area contributed by atoms with Gasteiger partial charge in [-0.05, 0) is 102 Å². The van der Waals surface area contributed by atoms with E-state index in [2.05, 4.69) is 27.8 Å². The highest BCUT2D eigenvalue weighted by atomic mass is 35.5. The Morgan fingerprint density at radius 1 is 0.742 bits per heavy atom. The van der Waals surface area contributed by atoms with Crippen LogP contribution in [-0.4, -0.2) is 173 Å². The molecule has 0 radical (unpaired) electrons. The molecule has 516 valence electrons. The maximum Gasteiger partial charge on any atom is 0.410 e. The molecule has 31 heteroatoms. The minimum Gasteiger partial charge on any atom is -0.508 e. The lowest BCUT2D eigenvalue weighted by atomic mass is 9.84. The summed E-state index contributed by atoms with van der Waals surface area (Å²) in [5.74, 6) is -17.7. The van der Waals surface area contributed by atoms with E-state index < -0.39 is 198 Å². The molecule has 6 heterocycles. The van der Waals surface area contributed by atoms with Crippen LogP contribution in [0.4, 0.5) is 4.79 Å². The number of amides is 6. The summed E-state index contributed by atoms with van der Waals surface area (Å²) >= 11 is 14.0. The Bertz CT molecular complexity index is 3960. The molecule has 6 aliphatic rings. The fourth-order valence-corrected chi connectivity index (χ4v) is 12.2. The molecule has 11 bridgehead atoms. The minimum atomic E-state index is -2.19. The number of fused-ring (bicyclic) bond motifs is 15. The monoisotopic (exact) mass is 1380 g/mol. The molecule has 5 unspecified atom stereocenters. The highest BCUT2D eigenvalue weighted by molar-refractivity contribution is 6.32. The highest BCUT2D eigenvalue weighted by Crippen LogP contribution is 2.50. The zero-order valence-electron chi connectivity index (χ0n) is 52.2. The molecule has 0 saturated carbocycles. The van der Waals surface area contributed by atoms with Crippen LogP contribution in [0.3, 0.4) is 0 Å². The van der Waals surface area contributed by atoms with Crippen LogP contribution in [0.2, 0.25) is 10.0 Å². The third kappa shape index (κ3) is 15.5. The summed E-state index contributed by atoms with van der Waals surface area (Å²) in [6, 6.07) is 4.78. The number of carbonyl (C=O) groups excluding carboxylic acids is 9. The minimum absolute atomic E-state index is 0.0321. The van der Waals surface area contributed by atoms with Crippen molar-refractivity contribution < 1.29 is 113 Å². The second-order valence-electron chi connectivity index (χ2n) is 24.2. The molecule has 5 aromatic carbocycles. The van der Waals surface area contributed by atoms with E-state index in [0.717, 1.165) is 66.4 Å². The molecule has 15 N–H and O–H groups in total. The summed E-state index contributed by atoms with van der Waals surface area (Å²) in [6.07, 6.45) is -16.8. The number of hydrogen-bond donors (Lipinski definition) is 14. The molecular weight excluding hydrogens is 1320 g/mol. The molecule has 6 amide bonds. The van der Waals surface area contributed by atoms with E-state index in [1.165, 1.54) is 37.4 Å². The molecule has 1 fully saturated rings. The van der Waals surface area contributed by atoms with Crippen molar-refractivity contribution in [2.75, 3.05) is 20.3 Å². The summed E-state index contributed by atoms with van der Waals surface area (Å²) in [5.41, 5.74) is 3.85. The fourth-order valence-electron chi connectivity index (χ4n) is 11.8. The number of halogens is 2. The van der Waals surface area contributed by atoms with Gasteiger partial charge in [-0.3, -0.25) is 43.3 Å². The van der Waals surface area contributed by atoms with Crippen LogP contribution >= 0.6 is 23.2 Å². The molecule has 29 nitrogen and oxygen atoms in total. The standard InChI is InChI=1S/C66H70Cl2N6O23/c1-6-13-93-66(92)74(5)39(14-26(2)3)63(90)72-53-42(80)18-32(21-49(69)82)61(88)71-52-31-19-46(94-44-11-8-29(55(53)83)16-37(44)67)60(97-65-59(87)58(86)57(85)48(25-75)96-65)47(20-31)95-45-12-9-30(17-38(45)68)56(84)54-64(91)70-51(27(4)76)36-22-33(77)23-41(79)50(36)35-15-28(7-10-40(35)78)34(24-43(52)81)62(89)73-54/h6-12,15-17,19-20,22-23,26,32,34,39,48,51-59,65,75,77-79,83-87H,1,13-14,18,21,24-25H2,2-5H3,(H2,69,82)(H,70,91)(H,71,88)(H,72,90)(H,73,89)/t32-,34+,39+,48?,51+,52+,53-,54-,55+,56+,57?,58?,59?,65?/m0/s1. The summed E-state index contributed by atoms with van der Waals surface area (Å²) in [6.45, 7) is 6.85. The Morgan fingerprint density at radius 3 is 1.96 bits per heavy atom. The number of ketones is 3. The predicted octanol–water partition coefficient (Wildman–Crippen LogP) is 3.38. The third-order valence-electron chi connectivity index (χ3n) is 16.9. The zero-order chi connectivity index (χ0) is 70.8. The van der Waals surface area contributed by atoms with Gasteiger partial charge in [0.1, 0.15) is 102 Å².